The molecular weight excluding hydrogens is 532 g/mol. The molecule has 0 radical (unpaired) electrons. The molecule has 8 rings (SSSR count). The first-order valence-corrected chi connectivity index (χ1v) is 14.9. The van der Waals surface area contributed by atoms with Crippen molar-refractivity contribution in [2.45, 2.75) is 0 Å². The quantitative estimate of drug-likeness (QED) is 0.202. The van der Waals surface area contributed by atoms with Gasteiger partial charge in [-0.2, -0.15) is 0 Å². The average Bonchev–Trinajstić information content (AvgIpc) is 3.43. The molecule has 0 aliphatic carbocycles. The van der Waals surface area contributed by atoms with Gasteiger partial charge >= 0.3 is 0 Å². The van der Waals surface area contributed by atoms with Gasteiger partial charge in [0.05, 0.1) is 0 Å². The average molecular weight is 557 g/mol. The third kappa shape index (κ3) is 4.47. The van der Waals surface area contributed by atoms with Crippen LogP contribution in [0.15, 0.2) is 152 Å². The number of hydrogen-bond donors (Lipinski definition) is 0. The van der Waals surface area contributed by atoms with Crippen LogP contribution in [0.4, 0.5) is 4.39 Å². The van der Waals surface area contributed by atoms with Crippen LogP contribution in [-0.2, 0) is 0 Å². The van der Waals surface area contributed by atoms with E-state index < -0.39 is 0 Å². The molecule has 0 aliphatic heterocycles. The van der Waals surface area contributed by atoms with Crippen LogP contribution in [0.5, 0.6) is 0 Å². The molecule has 0 nitrogen and oxygen atoms in total. The Hall–Kier alpha value is -5.05. The standard InChI is InChI=1S/C40H25FS/c41-36-20-17-27(18-21-36)26-5-7-28(8-6-26)31-13-15-34-24-32(14-16-33(34)23-31)29-9-11-30(12-10-29)35-19-22-40-38(25-35)37-3-1-2-4-39(37)42-40/h1-25H. The van der Waals surface area contributed by atoms with E-state index in [1.807, 2.05) is 23.5 Å². The zero-order chi connectivity index (χ0) is 28.0. The predicted octanol–water partition coefficient (Wildman–Crippen LogP) is 12.0. The first kappa shape index (κ1) is 24.7. The van der Waals surface area contributed by atoms with E-state index in [1.54, 1.807) is 0 Å². The summed E-state index contributed by atoms with van der Waals surface area (Å²) in [5, 5.41) is 5.09. The van der Waals surface area contributed by atoms with Crippen LogP contribution in [0.1, 0.15) is 0 Å². The summed E-state index contributed by atoms with van der Waals surface area (Å²) in [5.74, 6) is -0.215. The number of thiophene rings is 1. The van der Waals surface area contributed by atoms with Gasteiger partial charge in [-0.25, -0.2) is 4.39 Å². The van der Waals surface area contributed by atoms with Crippen molar-refractivity contribution in [3.63, 3.8) is 0 Å². The molecule has 7 aromatic carbocycles. The van der Waals surface area contributed by atoms with Crippen molar-refractivity contribution in [1.82, 2.24) is 0 Å². The van der Waals surface area contributed by atoms with Gasteiger partial charge in [0.25, 0.3) is 0 Å². The highest BCUT2D eigenvalue weighted by Gasteiger charge is 2.08. The van der Waals surface area contributed by atoms with E-state index in [2.05, 4.69) is 127 Å². The van der Waals surface area contributed by atoms with Gasteiger partial charge in [-0.15, -0.1) is 11.3 Å². The zero-order valence-corrected chi connectivity index (χ0v) is 23.5. The molecule has 8 aromatic rings. The number of fused-ring (bicyclic) bond motifs is 4. The van der Waals surface area contributed by atoms with E-state index in [4.69, 9.17) is 0 Å². The Kier molecular flexibility index (Phi) is 5.94. The van der Waals surface area contributed by atoms with Crippen molar-refractivity contribution >= 4 is 42.3 Å². The topological polar surface area (TPSA) is 0 Å². The van der Waals surface area contributed by atoms with Gasteiger partial charge in [-0.1, -0.05) is 109 Å². The molecular formula is C40H25FS. The molecule has 1 aromatic heterocycles. The maximum Gasteiger partial charge on any atom is 0.123 e. The minimum atomic E-state index is -0.215. The maximum atomic E-state index is 13.3. The maximum absolute atomic E-state index is 13.3. The van der Waals surface area contributed by atoms with Gasteiger partial charge in [0.15, 0.2) is 0 Å². The Balaban J connectivity index is 1.05. The van der Waals surface area contributed by atoms with Gasteiger partial charge in [0.1, 0.15) is 5.82 Å². The molecule has 0 N–H and O–H groups in total. The molecule has 0 atom stereocenters. The fraction of sp³-hybridized carbons (Fsp3) is 0. The second-order valence-electron chi connectivity index (χ2n) is 10.7. The fourth-order valence-corrected chi connectivity index (χ4v) is 6.95. The summed E-state index contributed by atoms with van der Waals surface area (Å²) in [7, 11) is 0. The molecule has 0 aliphatic rings. The molecule has 42 heavy (non-hydrogen) atoms. The summed E-state index contributed by atoms with van der Waals surface area (Å²) >= 11 is 1.86. The van der Waals surface area contributed by atoms with Crippen LogP contribution in [-0.4, -0.2) is 0 Å². The summed E-state index contributed by atoms with van der Waals surface area (Å²) in [6, 6.07) is 52.8. The van der Waals surface area contributed by atoms with Crippen LogP contribution in [0, 0.1) is 5.82 Å². The molecule has 0 amide bonds. The van der Waals surface area contributed by atoms with Crippen molar-refractivity contribution in [3.8, 4) is 44.5 Å². The van der Waals surface area contributed by atoms with Crippen molar-refractivity contribution in [1.29, 1.82) is 0 Å². The normalized spacial score (nSPS) is 11.5. The minimum Gasteiger partial charge on any atom is -0.207 e. The van der Waals surface area contributed by atoms with Gasteiger partial charge in [0, 0.05) is 20.2 Å². The van der Waals surface area contributed by atoms with E-state index in [0.29, 0.717) is 0 Å². The highest BCUT2D eigenvalue weighted by Crippen LogP contribution is 2.37. The van der Waals surface area contributed by atoms with E-state index >= 15 is 0 Å². The number of benzene rings is 7. The van der Waals surface area contributed by atoms with E-state index in [9.17, 15) is 4.39 Å². The zero-order valence-electron chi connectivity index (χ0n) is 22.7. The van der Waals surface area contributed by atoms with Gasteiger partial charge in [-0.05, 0) is 97.7 Å². The monoisotopic (exact) mass is 556 g/mol. The lowest BCUT2D eigenvalue weighted by molar-refractivity contribution is 0.628. The summed E-state index contributed by atoms with van der Waals surface area (Å²) in [5.41, 5.74) is 9.33. The second kappa shape index (κ2) is 10.1. The molecule has 0 spiro atoms. The Morgan fingerprint density at radius 2 is 0.738 bits per heavy atom. The third-order valence-corrected chi connectivity index (χ3v) is 9.32. The SMILES string of the molecule is Fc1ccc(-c2ccc(-c3ccc4cc(-c5ccc(-c6ccc7sc8ccccc8c7c6)cc5)ccc4c3)cc2)cc1. The van der Waals surface area contributed by atoms with Crippen LogP contribution in [0.2, 0.25) is 0 Å². The van der Waals surface area contributed by atoms with Gasteiger partial charge in [-0.3, -0.25) is 0 Å². The molecule has 0 unspecified atom stereocenters. The van der Waals surface area contributed by atoms with Crippen molar-refractivity contribution in [2.24, 2.45) is 0 Å². The summed E-state index contributed by atoms with van der Waals surface area (Å²) < 4.78 is 16.0. The van der Waals surface area contributed by atoms with Crippen LogP contribution < -0.4 is 0 Å². The molecule has 0 saturated heterocycles. The largest absolute Gasteiger partial charge is 0.207 e. The summed E-state index contributed by atoms with van der Waals surface area (Å²) in [6.07, 6.45) is 0. The van der Waals surface area contributed by atoms with Gasteiger partial charge in [0.2, 0.25) is 0 Å². The van der Waals surface area contributed by atoms with E-state index in [1.165, 1.54) is 70.9 Å². The number of rotatable bonds is 4. The predicted molar refractivity (Wildman–Crippen MR) is 179 cm³/mol. The highest BCUT2D eigenvalue weighted by atomic mass is 32.1. The number of hydrogen-bond acceptors (Lipinski definition) is 1. The lowest BCUT2D eigenvalue weighted by Crippen LogP contribution is -1.84. The Labute approximate surface area is 248 Å². The lowest BCUT2D eigenvalue weighted by Gasteiger charge is -2.09. The van der Waals surface area contributed by atoms with Crippen LogP contribution >= 0.6 is 11.3 Å². The highest BCUT2D eigenvalue weighted by molar-refractivity contribution is 7.25. The minimum absolute atomic E-state index is 0.215. The van der Waals surface area contributed by atoms with Gasteiger partial charge < -0.3 is 0 Å². The molecule has 0 saturated carbocycles. The molecule has 1 heterocycles. The molecule has 198 valence electrons. The van der Waals surface area contributed by atoms with Crippen molar-refractivity contribution in [3.05, 3.63) is 157 Å². The first-order chi connectivity index (χ1) is 20.7. The Morgan fingerprint density at radius 1 is 0.333 bits per heavy atom. The Bertz CT molecular complexity index is 2220. The molecule has 0 fully saturated rings. The third-order valence-electron chi connectivity index (χ3n) is 8.16. The lowest BCUT2D eigenvalue weighted by atomic mass is 9.95. The van der Waals surface area contributed by atoms with Crippen molar-refractivity contribution < 1.29 is 4.39 Å². The first-order valence-electron chi connectivity index (χ1n) is 14.1. The smallest absolute Gasteiger partial charge is 0.123 e. The van der Waals surface area contributed by atoms with Crippen LogP contribution in [0.25, 0.3) is 75.5 Å². The molecule has 0 bridgehead atoms. The summed E-state index contributed by atoms with van der Waals surface area (Å²) in [6.45, 7) is 0. The number of halogens is 1. The fourth-order valence-electron chi connectivity index (χ4n) is 5.86. The van der Waals surface area contributed by atoms with Crippen molar-refractivity contribution in [2.75, 3.05) is 0 Å². The van der Waals surface area contributed by atoms with E-state index in [-0.39, 0.29) is 5.82 Å². The second-order valence-corrected chi connectivity index (χ2v) is 11.8. The molecule has 2 heteroatoms. The summed E-state index contributed by atoms with van der Waals surface area (Å²) in [4.78, 5) is 0. The van der Waals surface area contributed by atoms with Crippen LogP contribution in [0.3, 0.4) is 0 Å². The van der Waals surface area contributed by atoms with E-state index in [0.717, 1.165) is 16.7 Å². The Morgan fingerprint density at radius 3 is 1.31 bits per heavy atom.